The molecule has 0 fully saturated rings. The van der Waals surface area contributed by atoms with E-state index in [2.05, 4.69) is 12.2 Å². The van der Waals surface area contributed by atoms with Crippen molar-refractivity contribution >= 4 is 12.0 Å². The number of amides is 2. The molecule has 0 spiro atoms. The van der Waals surface area contributed by atoms with Gasteiger partial charge in [-0.15, -0.1) is 0 Å². The van der Waals surface area contributed by atoms with Crippen LogP contribution in [0.3, 0.4) is 0 Å². The van der Waals surface area contributed by atoms with Gasteiger partial charge in [-0.2, -0.15) is 0 Å². The van der Waals surface area contributed by atoms with Gasteiger partial charge in [0.1, 0.15) is 6.04 Å². The molecule has 2 amide bonds. The number of nitrogens with zero attached hydrogens (tertiary/aromatic N) is 1. The highest BCUT2D eigenvalue weighted by Crippen LogP contribution is 1.96. The first kappa shape index (κ1) is 16.7. The average Bonchev–Trinajstić information content (AvgIpc) is 2.35. The topological polar surface area (TPSA) is 78.9 Å². The van der Waals surface area contributed by atoms with Crippen LogP contribution in [0.1, 0.15) is 33.1 Å². The van der Waals surface area contributed by atoms with Gasteiger partial charge in [0.2, 0.25) is 0 Å². The van der Waals surface area contributed by atoms with Crippen molar-refractivity contribution < 1.29 is 19.4 Å². The number of rotatable bonds is 9. The lowest BCUT2D eigenvalue weighted by atomic mass is 10.3. The Morgan fingerprint density at radius 3 is 2.50 bits per heavy atom. The lowest BCUT2D eigenvalue weighted by Gasteiger charge is -2.21. The number of nitrogens with one attached hydrogen (secondary N) is 1. The Balaban J connectivity index is 3.61. The Morgan fingerprint density at radius 2 is 1.94 bits per heavy atom. The molecule has 2 N–H and O–H groups in total. The number of ether oxygens (including phenoxy) is 1. The summed E-state index contributed by atoms with van der Waals surface area (Å²) in [4.78, 5) is 23.4. The number of hydrogen-bond acceptors (Lipinski definition) is 3. The van der Waals surface area contributed by atoms with Gasteiger partial charge in [-0.25, -0.2) is 9.59 Å². The molecule has 18 heavy (non-hydrogen) atoms. The molecule has 0 aromatic carbocycles. The van der Waals surface area contributed by atoms with E-state index in [1.807, 2.05) is 0 Å². The van der Waals surface area contributed by atoms with Crippen LogP contribution in [-0.2, 0) is 9.53 Å². The fraction of sp³-hybridized carbons (Fsp3) is 0.833. The molecule has 0 aliphatic rings. The Bertz CT molecular complexity index is 258. The van der Waals surface area contributed by atoms with E-state index < -0.39 is 12.0 Å². The maximum absolute atomic E-state index is 11.5. The van der Waals surface area contributed by atoms with Crippen molar-refractivity contribution in [2.24, 2.45) is 0 Å². The van der Waals surface area contributed by atoms with E-state index in [1.165, 1.54) is 18.9 Å². The van der Waals surface area contributed by atoms with Crippen molar-refractivity contribution in [2.45, 2.75) is 39.2 Å². The highest BCUT2D eigenvalue weighted by molar-refractivity contribution is 5.82. The van der Waals surface area contributed by atoms with Crippen molar-refractivity contribution in [3.05, 3.63) is 0 Å². The molecule has 0 saturated carbocycles. The lowest BCUT2D eigenvalue weighted by Crippen LogP contribution is -2.46. The first-order valence-corrected chi connectivity index (χ1v) is 6.31. The van der Waals surface area contributed by atoms with E-state index in [1.54, 1.807) is 0 Å². The van der Waals surface area contributed by atoms with Gasteiger partial charge in [0.05, 0.1) is 0 Å². The molecule has 6 nitrogen and oxygen atoms in total. The number of carboxylic acid groups (broad SMARTS) is 1. The number of hydrogen-bond donors (Lipinski definition) is 2. The zero-order valence-corrected chi connectivity index (χ0v) is 11.4. The maximum Gasteiger partial charge on any atom is 0.326 e. The lowest BCUT2D eigenvalue weighted by molar-refractivity contribution is -0.141. The molecule has 6 heteroatoms. The molecule has 0 heterocycles. The Hall–Kier alpha value is -1.30. The predicted octanol–water partition coefficient (Wildman–Crippen LogP) is 1.31. The molecule has 106 valence electrons. The number of likely N-dealkylation sites (N-methyl/N-ethyl adjacent to an activating group) is 1. The molecule has 0 aliphatic heterocycles. The summed E-state index contributed by atoms with van der Waals surface area (Å²) in [6.07, 6.45) is 2.88. The van der Waals surface area contributed by atoms with Crippen molar-refractivity contribution in [1.82, 2.24) is 10.2 Å². The van der Waals surface area contributed by atoms with Crippen LogP contribution in [0.2, 0.25) is 0 Å². The number of carbonyl (C=O) groups excluding carboxylic acids is 1. The zero-order chi connectivity index (χ0) is 14.0. The predicted molar refractivity (Wildman–Crippen MR) is 68.6 cm³/mol. The second kappa shape index (κ2) is 9.70. The van der Waals surface area contributed by atoms with Crippen molar-refractivity contribution in [1.29, 1.82) is 0 Å². The number of carboxylic acids is 1. The van der Waals surface area contributed by atoms with Crippen LogP contribution in [-0.4, -0.2) is 54.9 Å². The molecule has 0 aliphatic carbocycles. The molecular weight excluding hydrogens is 236 g/mol. The minimum Gasteiger partial charge on any atom is -0.480 e. The number of unbranched alkanes of at least 4 members (excludes halogenated alkanes) is 1. The van der Waals surface area contributed by atoms with E-state index in [9.17, 15) is 9.59 Å². The summed E-state index contributed by atoms with van der Waals surface area (Å²) in [5.41, 5.74) is 0. The van der Waals surface area contributed by atoms with E-state index in [0.29, 0.717) is 13.2 Å². The normalized spacial score (nSPS) is 11.9. The smallest absolute Gasteiger partial charge is 0.326 e. The Labute approximate surface area is 108 Å². The van der Waals surface area contributed by atoms with Crippen LogP contribution < -0.4 is 5.32 Å². The minimum absolute atomic E-state index is 0.376. The van der Waals surface area contributed by atoms with E-state index >= 15 is 0 Å². The molecule has 1 unspecified atom stereocenters. The third-order valence-electron chi connectivity index (χ3n) is 2.64. The average molecular weight is 260 g/mol. The van der Waals surface area contributed by atoms with Crippen molar-refractivity contribution in [3.63, 3.8) is 0 Å². The second-order valence-corrected chi connectivity index (χ2v) is 4.18. The summed E-state index contributed by atoms with van der Waals surface area (Å²) in [6, 6.07) is -1.20. The van der Waals surface area contributed by atoms with Gasteiger partial charge in [0.25, 0.3) is 0 Å². The van der Waals surface area contributed by atoms with Crippen molar-refractivity contribution in [2.75, 3.05) is 26.8 Å². The first-order valence-electron chi connectivity index (χ1n) is 6.31. The highest BCUT2D eigenvalue weighted by Gasteiger charge is 2.20. The third kappa shape index (κ3) is 7.11. The Kier molecular flexibility index (Phi) is 9.00. The summed E-state index contributed by atoms with van der Waals surface area (Å²) in [7, 11) is 1.46. The summed E-state index contributed by atoms with van der Waals surface area (Å²) < 4.78 is 5.34. The molecule has 0 rings (SSSR count). The molecule has 0 aromatic heterocycles. The van der Waals surface area contributed by atoms with Crippen LogP contribution in [0.15, 0.2) is 0 Å². The molecular formula is C12H24N2O4. The summed E-state index contributed by atoms with van der Waals surface area (Å²) in [5, 5.41) is 11.4. The van der Waals surface area contributed by atoms with Crippen LogP contribution in [0.5, 0.6) is 0 Å². The third-order valence-corrected chi connectivity index (χ3v) is 2.64. The van der Waals surface area contributed by atoms with Crippen LogP contribution in [0.4, 0.5) is 4.79 Å². The van der Waals surface area contributed by atoms with Gasteiger partial charge in [0, 0.05) is 26.8 Å². The minimum atomic E-state index is -1.02. The van der Waals surface area contributed by atoms with Gasteiger partial charge in [-0.3, -0.25) is 0 Å². The molecule has 1 atom stereocenters. The molecule has 0 bridgehead atoms. The summed E-state index contributed by atoms with van der Waals surface area (Å²) in [6.45, 7) is 5.42. The molecule has 0 aromatic rings. The standard InChI is InChI=1S/C12H24N2O4/c1-4-5-8-18-9-6-7-13-12(17)14(3)10(2)11(15)16/h10H,4-9H2,1-3H3,(H,13,17)(H,15,16). The first-order chi connectivity index (χ1) is 8.50. The van der Waals surface area contributed by atoms with E-state index in [4.69, 9.17) is 9.84 Å². The van der Waals surface area contributed by atoms with Gasteiger partial charge in [-0.1, -0.05) is 13.3 Å². The number of carbonyl (C=O) groups is 2. The van der Waals surface area contributed by atoms with Gasteiger partial charge >= 0.3 is 12.0 Å². The van der Waals surface area contributed by atoms with Crippen LogP contribution in [0.25, 0.3) is 0 Å². The molecule has 0 saturated heterocycles. The SMILES string of the molecule is CCCCOCCCNC(=O)N(C)C(C)C(=O)O. The van der Waals surface area contributed by atoms with E-state index in [-0.39, 0.29) is 6.03 Å². The monoisotopic (exact) mass is 260 g/mol. The largest absolute Gasteiger partial charge is 0.480 e. The fourth-order valence-electron chi connectivity index (χ4n) is 1.18. The summed E-state index contributed by atoms with van der Waals surface area (Å²) in [5.74, 6) is -1.02. The Morgan fingerprint density at radius 1 is 1.33 bits per heavy atom. The van der Waals surface area contributed by atoms with Crippen molar-refractivity contribution in [3.8, 4) is 0 Å². The van der Waals surface area contributed by atoms with Gasteiger partial charge < -0.3 is 20.1 Å². The second-order valence-electron chi connectivity index (χ2n) is 4.18. The molecule has 0 radical (unpaired) electrons. The quantitative estimate of drug-likeness (QED) is 0.613. The number of urea groups is 1. The van der Waals surface area contributed by atoms with Gasteiger partial charge in [-0.05, 0) is 19.8 Å². The summed E-state index contributed by atoms with van der Waals surface area (Å²) >= 11 is 0. The maximum atomic E-state index is 11.5. The van der Waals surface area contributed by atoms with Crippen LogP contribution in [0, 0.1) is 0 Å². The number of aliphatic carboxylic acids is 1. The van der Waals surface area contributed by atoms with Crippen LogP contribution >= 0.6 is 0 Å². The zero-order valence-electron chi connectivity index (χ0n) is 11.4. The highest BCUT2D eigenvalue weighted by atomic mass is 16.5. The van der Waals surface area contributed by atoms with Gasteiger partial charge in [0.15, 0.2) is 0 Å². The fourth-order valence-corrected chi connectivity index (χ4v) is 1.18. The van der Waals surface area contributed by atoms with E-state index in [0.717, 1.165) is 25.9 Å².